The number of carbonyl (C=O) groups is 1. The number of benzene rings is 1. The van der Waals surface area contributed by atoms with E-state index in [9.17, 15) is 17.6 Å². The molecular weight excluding hydrogens is 341 g/mol. The molecule has 2 rings (SSSR count). The fourth-order valence-corrected chi connectivity index (χ4v) is 4.94. The van der Waals surface area contributed by atoms with Crippen LogP contribution in [0.2, 0.25) is 5.02 Å². The Morgan fingerprint density at radius 2 is 2.24 bits per heavy atom. The number of methoxy groups -OCH3 is 1. The van der Waals surface area contributed by atoms with Crippen LogP contribution in [-0.2, 0) is 19.6 Å². The number of hydrogen-bond donors (Lipinski definition) is 0. The van der Waals surface area contributed by atoms with Crippen molar-refractivity contribution in [1.29, 1.82) is 0 Å². The highest BCUT2D eigenvalue weighted by molar-refractivity contribution is 8.00. The van der Waals surface area contributed by atoms with Crippen LogP contribution in [0.5, 0.6) is 0 Å². The first-order chi connectivity index (χ1) is 9.86. The summed E-state index contributed by atoms with van der Waals surface area (Å²) in [5.41, 5.74) is 0. The van der Waals surface area contributed by atoms with E-state index in [-0.39, 0.29) is 18.1 Å². The van der Waals surface area contributed by atoms with Crippen molar-refractivity contribution in [3.63, 3.8) is 0 Å². The molecule has 1 aromatic carbocycles. The summed E-state index contributed by atoms with van der Waals surface area (Å²) in [6.07, 6.45) is 0. The quantitative estimate of drug-likeness (QED) is 0.775. The number of halogens is 2. The van der Waals surface area contributed by atoms with Gasteiger partial charge in [0.1, 0.15) is 16.0 Å². The van der Waals surface area contributed by atoms with Gasteiger partial charge in [-0.15, -0.1) is 11.8 Å². The third-order valence-electron chi connectivity index (χ3n) is 3.01. The molecule has 0 radical (unpaired) electrons. The van der Waals surface area contributed by atoms with Crippen LogP contribution in [0.15, 0.2) is 23.1 Å². The number of hydrogen-bond acceptors (Lipinski definition) is 5. The monoisotopic (exact) mass is 353 g/mol. The first-order valence-electron chi connectivity index (χ1n) is 6.01. The van der Waals surface area contributed by atoms with Crippen LogP contribution in [0.3, 0.4) is 0 Å². The van der Waals surface area contributed by atoms with Crippen LogP contribution in [0.25, 0.3) is 0 Å². The molecule has 0 aliphatic carbocycles. The molecular formula is C12H13ClFNO4S2. The molecule has 1 heterocycles. The second kappa shape index (κ2) is 6.51. The summed E-state index contributed by atoms with van der Waals surface area (Å²) in [6.45, 7) is 0.171. The lowest BCUT2D eigenvalue weighted by Crippen LogP contribution is -2.45. The van der Waals surface area contributed by atoms with Gasteiger partial charge in [0.15, 0.2) is 0 Å². The molecule has 1 saturated heterocycles. The van der Waals surface area contributed by atoms with Crippen LogP contribution >= 0.6 is 23.4 Å². The number of nitrogens with zero attached hydrogens (tertiary/aromatic N) is 1. The van der Waals surface area contributed by atoms with Gasteiger partial charge in [-0.3, -0.25) is 4.79 Å². The molecule has 0 amide bonds. The lowest BCUT2D eigenvalue weighted by Gasteiger charge is -2.30. The van der Waals surface area contributed by atoms with E-state index in [0.717, 1.165) is 16.4 Å². The van der Waals surface area contributed by atoms with Gasteiger partial charge < -0.3 is 4.74 Å². The number of sulfonamides is 1. The molecule has 5 nitrogen and oxygen atoms in total. The third-order valence-corrected chi connectivity index (χ3v) is 6.30. The molecule has 0 bridgehead atoms. The molecule has 0 spiro atoms. The molecule has 1 aliphatic rings. The molecule has 116 valence electrons. The highest BCUT2D eigenvalue weighted by Crippen LogP contribution is 2.27. The second-order valence-electron chi connectivity index (χ2n) is 4.32. The first kappa shape index (κ1) is 16.5. The molecule has 1 atom stereocenters. The van der Waals surface area contributed by atoms with E-state index in [1.165, 1.54) is 24.9 Å². The van der Waals surface area contributed by atoms with Crippen LogP contribution in [0.4, 0.5) is 4.39 Å². The Kier molecular flexibility index (Phi) is 5.13. The maximum absolute atomic E-state index is 13.8. The van der Waals surface area contributed by atoms with Crippen molar-refractivity contribution in [3.05, 3.63) is 29.0 Å². The van der Waals surface area contributed by atoms with Crippen LogP contribution in [0, 0.1) is 5.82 Å². The molecule has 0 aromatic heterocycles. The van der Waals surface area contributed by atoms with Gasteiger partial charge in [0, 0.05) is 23.9 Å². The summed E-state index contributed by atoms with van der Waals surface area (Å²) in [4.78, 5) is 11.1. The van der Waals surface area contributed by atoms with Crippen LogP contribution in [0.1, 0.15) is 0 Å². The van der Waals surface area contributed by atoms with Crippen molar-refractivity contribution in [1.82, 2.24) is 4.31 Å². The Morgan fingerprint density at radius 1 is 1.52 bits per heavy atom. The van der Waals surface area contributed by atoms with Crippen molar-refractivity contribution >= 4 is 39.4 Å². The largest absolute Gasteiger partial charge is 0.468 e. The predicted molar refractivity (Wildman–Crippen MR) is 78.4 cm³/mol. The summed E-state index contributed by atoms with van der Waals surface area (Å²) in [5.74, 6) is -0.958. The van der Waals surface area contributed by atoms with Gasteiger partial charge in [0.2, 0.25) is 10.0 Å². The standard InChI is InChI=1S/C12H13ClFNO4S2/c1-19-12(16)10-7-15(4-5-20-10)21(17,18)11-3-2-8(13)6-9(11)14/h2-3,6,10H,4-5,7H2,1H3/t10-/m0/s1. The third kappa shape index (κ3) is 3.50. The zero-order chi connectivity index (χ0) is 15.6. The van der Waals surface area contributed by atoms with Crippen molar-refractivity contribution in [2.45, 2.75) is 10.1 Å². The molecule has 0 saturated carbocycles. The van der Waals surface area contributed by atoms with Crippen LogP contribution in [-0.4, -0.2) is 49.9 Å². The Balaban J connectivity index is 2.28. The van der Waals surface area contributed by atoms with Gasteiger partial charge in [-0.2, -0.15) is 4.31 Å². The smallest absolute Gasteiger partial charge is 0.320 e. The van der Waals surface area contributed by atoms with E-state index >= 15 is 0 Å². The minimum absolute atomic E-state index is 0.0399. The lowest BCUT2D eigenvalue weighted by molar-refractivity contribution is -0.140. The second-order valence-corrected chi connectivity index (χ2v) is 7.97. The Morgan fingerprint density at radius 3 is 2.86 bits per heavy atom. The van der Waals surface area contributed by atoms with E-state index in [1.807, 2.05) is 0 Å². The topological polar surface area (TPSA) is 63.7 Å². The first-order valence-corrected chi connectivity index (χ1v) is 8.87. The Hall–Kier alpha value is -0.830. The maximum Gasteiger partial charge on any atom is 0.320 e. The van der Waals surface area contributed by atoms with E-state index in [0.29, 0.717) is 5.75 Å². The summed E-state index contributed by atoms with van der Waals surface area (Å²) in [6, 6.07) is 3.39. The molecule has 1 aliphatic heterocycles. The summed E-state index contributed by atoms with van der Waals surface area (Å²) in [7, 11) is -2.76. The average Bonchev–Trinajstić information content (AvgIpc) is 2.46. The number of thioether (sulfide) groups is 1. The maximum atomic E-state index is 13.8. The molecule has 0 N–H and O–H groups in total. The molecule has 1 aromatic rings. The van der Waals surface area contributed by atoms with Crippen molar-refractivity contribution in [2.75, 3.05) is 26.0 Å². The minimum Gasteiger partial charge on any atom is -0.468 e. The molecule has 9 heteroatoms. The number of ether oxygens (including phenoxy) is 1. The lowest BCUT2D eigenvalue weighted by atomic mass is 10.3. The van der Waals surface area contributed by atoms with Crippen molar-refractivity contribution in [2.24, 2.45) is 0 Å². The average molecular weight is 354 g/mol. The highest BCUT2D eigenvalue weighted by atomic mass is 35.5. The van der Waals surface area contributed by atoms with Crippen LogP contribution < -0.4 is 0 Å². The summed E-state index contributed by atoms with van der Waals surface area (Å²) < 4.78 is 44.5. The number of carbonyl (C=O) groups excluding carboxylic acids is 1. The van der Waals surface area contributed by atoms with Gasteiger partial charge in [-0.05, 0) is 18.2 Å². The fraction of sp³-hybridized carbons (Fsp3) is 0.417. The van der Waals surface area contributed by atoms with E-state index in [4.69, 9.17) is 11.6 Å². The molecule has 1 fully saturated rings. The number of esters is 1. The molecule has 0 unspecified atom stereocenters. The van der Waals surface area contributed by atoms with E-state index in [1.54, 1.807) is 0 Å². The fourth-order valence-electron chi connectivity index (χ4n) is 1.94. The predicted octanol–water partition coefficient (Wildman–Crippen LogP) is 1.76. The Labute approximate surface area is 131 Å². The van der Waals surface area contributed by atoms with Gasteiger partial charge in [0.25, 0.3) is 0 Å². The summed E-state index contributed by atoms with van der Waals surface area (Å²) >= 11 is 6.95. The summed E-state index contributed by atoms with van der Waals surface area (Å²) in [5, 5.41) is -0.484. The van der Waals surface area contributed by atoms with Gasteiger partial charge in [0.05, 0.1) is 7.11 Å². The molecule has 21 heavy (non-hydrogen) atoms. The van der Waals surface area contributed by atoms with E-state index < -0.39 is 32.0 Å². The zero-order valence-corrected chi connectivity index (χ0v) is 13.5. The minimum atomic E-state index is -4.01. The SMILES string of the molecule is COC(=O)[C@@H]1CN(S(=O)(=O)c2ccc(Cl)cc2F)CCS1. The van der Waals surface area contributed by atoms with Gasteiger partial charge in [-0.1, -0.05) is 11.6 Å². The van der Waals surface area contributed by atoms with Gasteiger partial charge in [-0.25, -0.2) is 12.8 Å². The van der Waals surface area contributed by atoms with Gasteiger partial charge >= 0.3 is 5.97 Å². The zero-order valence-electron chi connectivity index (χ0n) is 11.1. The van der Waals surface area contributed by atoms with E-state index in [2.05, 4.69) is 4.74 Å². The van der Waals surface area contributed by atoms with Crippen molar-refractivity contribution in [3.8, 4) is 0 Å². The number of rotatable bonds is 3. The Bertz CT molecular complexity index is 653. The van der Waals surface area contributed by atoms with Crippen molar-refractivity contribution < 1.29 is 22.3 Å². The highest BCUT2D eigenvalue weighted by Gasteiger charge is 2.35. The normalized spacial score (nSPS) is 20.2.